The van der Waals surface area contributed by atoms with Crippen molar-refractivity contribution < 1.29 is 0 Å². The zero-order chi connectivity index (χ0) is 9.26. The molecule has 1 aromatic heterocycles. The minimum atomic E-state index is 0.544. The predicted octanol–water partition coefficient (Wildman–Crippen LogP) is 3.01. The van der Waals surface area contributed by atoms with Gasteiger partial charge in [-0.05, 0) is 24.5 Å². The maximum Gasteiger partial charge on any atom is 0.198 e. The topological polar surface area (TPSA) is 28.7 Å². The lowest BCUT2D eigenvalue weighted by atomic mass is 10.2. The lowest BCUT2D eigenvalue weighted by Crippen LogP contribution is -1.87. The molecule has 0 unspecified atom stereocenters. The lowest BCUT2D eigenvalue weighted by molar-refractivity contribution is 1.08. The van der Waals surface area contributed by atoms with Crippen molar-refractivity contribution in [2.45, 2.75) is 5.03 Å². The number of benzene rings is 1. The lowest BCUT2D eigenvalue weighted by Gasteiger charge is -2.01. The van der Waals surface area contributed by atoms with Crippen molar-refractivity contribution in [2.24, 2.45) is 0 Å². The summed E-state index contributed by atoms with van der Waals surface area (Å²) >= 11 is 6.63. The largest absolute Gasteiger partial charge is 0.330 e. The van der Waals surface area contributed by atoms with E-state index in [2.05, 4.69) is 9.97 Å². The summed E-state index contributed by atoms with van der Waals surface area (Å²) in [5.74, 6) is 0. The number of rotatable bonds is 1. The van der Waals surface area contributed by atoms with Crippen molar-refractivity contribution in [3.63, 3.8) is 0 Å². The van der Waals surface area contributed by atoms with E-state index in [4.69, 9.17) is 12.2 Å². The van der Waals surface area contributed by atoms with Crippen molar-refractivity contribution in [1.82, 2.24) is 9.97 Å². The highest BCUT2D eigenvalue weighted by molar-refractivity contribution is 7.98. The Hall–Kier alpha value is -0.870. The molecule has 0 aliphatic carbocycles. The van der Waals surface area contributed by atoms with Crippen LogP contribution in [0.3, 0.4) is 0 Å². The fourth-order valence-corrected chi connectivity index (χ4v) is 2.07. The van der Waals surface area contributed by atoms with Crippen molar-refractivity contribution in [3.05, 3.63) is 29.0 Å². The normalized spacial score (nSPS) is 10.5. The van der Waals surface area contributed by atoms with Gasteiger partial charge in [-0.2, -0.15) is 0 Å². The molecule has 0 atom stereocenters. The second kappa shape index (κ2) is 3.47. The van der Waals surface area contributed by atoms with E-state index in [-0.39, 0.29) is 0 Å². The molecule has 0 radical (unpaired) electrons. The molecule has 0 aliphatic rings. The molecule has 66 valence electrons. The third-order valence-corrected chi connectivity index (χ3v) is 2.69. The number of nitrogens with zero attached hydrogens (tertiary/aromatic N) is 1. The Balaban J connectivity index is 2.89. The first-order valence-electron chi connectivity index (χ1n) is 3.84. The molecule has 4 heteroatoms. The van der Waals surface area contributed by atoms with Crippen molar-refractivity contribution in [2.75, 3.05) is 6.26 Å². The fraction of sp³-hybridized carbons (Fsp3) is 0.111. The van der Waals surface area contributed by atoms with E-state index in [0.29, 0.717) is 4.77 Å². The Bertz CT molecular complexity index is 490. The first kappa shape index (κ1) is 8.72. The number of nitrogens with one attached hydrogen (secondary N) is 1. The highest BCUT2D eigenvalue weighted by Crippen LogP contribution is 2.21. The van der Waals surface area contributed by atoms with Crippen LogP contribution in [0, 0.1) is 4.77 Å². The molecule has 0 saturated heterocycles. The summed E-state index contributed by atoms with van der Waals surface area (Å²) in [5.41, 5.74) is 1.05. The number of hydrogen-bond donors (Lipinski definition) is 1. The van der Waals surface area contributed by atoms with E-state index < -0.39 is 0 Å². The average molecular weight is 208 g/mol. The molecule has 0 amide bonds. The third kappa shape index (κ3) is 1.59. The molecular formula is C9H8N2S2. The first-order valence-corrected chi connectivity index (χ1v) is 5.47. The molecule has 13 heavy (non-hydrogen) atoms. The first-order chi connectivity index (χ1) is 6.31. The number of hydrogen-bond acceptors (Lipinski definition) is 3. The summed E-state index contributed by atoms with van der Waals surface area (Å²) in [5, 5.41) is 2.11. The van der Waals surface area contributed by atoms with Crippen LogP contribution in [-0.4, -0.2) is 16.2 Å². The van der Waals surface area contributed by atoms with Crippen LogP contribution in [0.5, 0.6) is 0 Å². The maximum atomic E-state index is 5.01. The standard InChI is InChI=1S/C9H8N2S2/c1-13-8-6-4-2-3-5-7(6)10-9(12)11-8/h2-5H,1H3,(H,10,11,12). The average Bonchev–Trinajstić information content (AvgIpc) is 2.16. The Labute approximate surface area is 85.4 Å². The summed E-state index contributed by atoms with van der Waals surface area (Å²) in [6.07, 6.45) is 2.00. The molecule has 2 nitrogen and oxygen atoms in total. The van der Waals surface area contributed by atoms with E-state index in [0.717, 1.165) is 15.9 Å². The van der Waals surface area contributed by atoms with Gasteiger partial charge in [-0.25, -0.2) is 4.98 Å². The van der Waals surface area contributed by atoms with Gasteiger partial charge in [0.2, 0.25) is 0 Å². The highest BCUT2D eigenvalue weighted by Gasteiger charge is 2.00. The molecular weight excluding hydrogens is 200 g/mol. The van der Waals surface area contributed by atoms with Crippen LogP contribution in [-0.2, 0) is 0 Å². The number of H-pyrrole nitrogens is 1. The van der Waals surface area contributed by atoms with E-state index in [1.54, 1.807) is 11.8 Å². The SMILES string of the molecule is CSc1nc(=S)[nH]c2ccccc12. The molecule has 0 saturated carbocycles. The molecule has 0 aliphatic heterocycles. The maximum absolute atomic E-state index is 5.01. The molecule has 1 heterocycles. The molecule has 0 fully saturated rings. The Morgan fingerprint density at radius 1 is 1.38 bits per heavy atom. The van der Waals surface area contributed by atoms with Gasteiger partial charge < -0.3 is 4.98 Å². The van der Waals surface area contributed by atoms with E-state index >= 15 is 0 Å². The van der Waals surface area contributed by atoms with Crippen LogP contribution < -0.4 is 0 Å². The van der Waals surface area contributed by atoms with Gasteiger partial charge in [0.1, 0.15) is 5.03 Å². The Kier molecular flexibility index (Phi) is 2.33. The minimum absolute atomic E-state index is 0.544. The van der Waals surface area contributed by atoms with Crippen molar-refractivity contribution in [1.29, 1.82) is 0 Å². The second-order valence-electron chi connectivity index (χ2n) is 2.60. The highest BCUT2D eigenvalue weighted by atomic mass is 32.2. The molecule has 1 N–H and O–H groups in total. The van der Waals surface area contributed by atoms with Crippen LogP contribution in [0.2, 0.25) is 0 Å². The number of para-hydroxylation sites is 1. The Morgan fingerprint density at radius 2 is 2.15 bits per heavy atom. The van der Waals surface area contributed by atoms with Gasteiger partial charge in [0.25, 0.3) is 0 Å². The smallest absolute Gasteiger partial charge is 0.198 e. The second-order valence-corrected chi connectivity index (χ2v) is 3.78. The summed E-state index contributed by atoms with van der Waals surface area (Å²) in [6, 6.07) is 8.03. The van der Waals surface area contributed by atoms with Crippen molar-refractivity contribution in [3.8, 4) is 0 Å². The van der Waals surface area contributed by atoms with E-state index in [1.807, 2.05) is 30.5 Å². The fourth-order valence-electron chi connectivity index (χ4n) is 1.23. The van der Waals surface area contributed by atoms with Gasteiger partial charge in [-0.1, -0.05) is 18.2 Å². The number of thioether (sulfide) groups is 1. The van der Waals surface area contributed by atoms with Gasteiger partial charge in [-0.3, -0.25) is 0 Å². The van der Waals surface area contributed by atoms with E-state index in [1.165, 1.54) is 0 Å². The minimum Gasteiger partial charge on any atom is -0.330 e. The van der Waals surface area contributed by atoms with Gasteiger partial charge in [-0.15, -0.1) is 11.8 Å². The van der Waals surface area contributed by atoms with Gasteiger partial charge in [0.05, 0.1) is 5.52 Å². The van der Waals surface area contributed by atoms with Crippen LogP contribution in [0.1, 0.15) is 0 Å². The summed E-state index contributed by atoms with van der Waals surface area (Å²) in [6.45, 7) is 0. The summed E-state index contributed by atoms with van der Waals surface area (Å²) in [7, 11) is 0. The van der Waals surface area contributed by atoms with Crippen LogP contribution in [0.4, 0.5) is 0 Å². The molecule has 0 spiro atoms. The summed E-state index contributed by atoms with van der Waals surface area (Å²) < 4.78 is 0.544. The van der Waals surface area contributed by atoms with Crippen LogP contribution in [0.25, 0.3) is 10.9 Å². The molecule has 0 bridgehead atoms. The quantitative estimate of drug-likeness (QED) is 0.443. The zero-order valence-corrected chi connectivity index (χ0v) is 8.71. The van der Waals surface area contributed by atoms with Gasteiger partial charge in [0, 0.05) is 5.39 Å². The number of aromatic nitrogens is 2. The number of fused-ring (bicyclic) bond motifs is 1. The monoisotopic (exact) mass is 208 g/mol. The zero-order valence-electron chi connectivity index (χ0n) is 7.07. The van der Waals surface area contributed by atoms with Crippen LogP contribution in [0.15, 0.2) is 29.3 Å². The molecule has 2 rings (SSSR count). The molecule has 1 aromatic carbocycles. The van der Waals surface area contributed by atoms with E-state index in [9.17, 15) is 0 Å². The van der Waals surface area contributed by atoms with Gasteiger partial charge >= 0.3 is 0 Å². The van der Waals surface area contributed by atoms with Gasteiger partial charge in [0.15, 0.2) is 4.77 Å². The summed E-state index contributed by atoms with van der Waals surface area (Å²) in [4.78, 5) is 7.30. The van der Waals surface area contributed by atoms with Crippen molar-refractivity contribution >= 4 is 34.9 Å². The Morgan fingerprint density at radius 3 is 2.92 bits per heavy atom. The number of aromatic amines is 1. The predicted molar refractivity (Wildman–Crippen MR) is 58.7 cm³/mol. The third-order valence-electron chi connectivity index (χ3n) is 1.80. The van der Waals surface area contributed by atoms with Crippen LogP contribution >= 0.6 is 24.0 Å². The molecule has 2 aromatic rings.